The Morgan fingerprint density at radius 1 is 1.19 bits per heavy atom. The van der Waals surface area contributed by atoms with E-state index in [1.54, 1.807) is 11.0 Å². The van der Waals surface area contributed by atoms with Crippen LogP contribution in [0, 0.1) is 6.92 Å². The molecule has 9 nitrogen and oxygen atoms in total. The summed E-state index contributed by atoms with van der Waals surface area (Å²) in [5, 5.41) is 19.5. The van der Waals surface area contributed by atoms with Gasteiger partial charge in [-0.3, -0.25) is 19.6 Å². The predicted molar refractivity (Wildman–Crippen MR) is 92.7 cm³/mol. The number of hydrogen-bond donors (Lipinski definition) is 2. The Balaban J connectivity index is 1.59. The molecule has 1 aromatic carbocycles. The number of nitrogens with one attached hydrogen (secondary N) is 1. The number of carbonyl (C=O) groups excluding carboxylic acids is 1. The van der Waals surface area contributed by atoms with Gasteiger partial charge in [-0.15, -0.1) is 5.10 Å². The number of carboxylic acid groups (broad SMARTS) is 1. The molecule has 0 atom stereocenters. The third-order valence-electron chi connectivity index (χ3n) is 3.68. The van der Waals surface area contributed by atoms with Gasteiger partial charge in [-0.2, -0.15) is 5.10 Å². The fraction of sp³-hybridized carbons (Fsp3) is 0.235. The largest absolute Gasteiger partial charge is 0.481 e. The highest BCUT2D eigenvalue weighted by atomic mass is 16.4. The Labute approximate surface area is 149 Å². The maximum absolute atomic E-state index is 12.2. The van der Waals surface area contributed by atoms with Gasteiger partial charge in [0.1, 0.15) is 6.33 Å². The van der Waals surface area contributed by atoms with Gasteiger partial charge < -0.3 is 5.11 Å². The average Bonchev–Trinajstić information content (AvgIpc) is 3.24. The third kappa shape index (κ3) is 4.53. The molecule has 0 bridgehead atoms. The van der Waals surface area contributed by atoms with E-state index in [0.717, 1.165) is 5.56 Å². The monoisotopic (exact) mass is 354 g/mol. The number of hydrogen-bond acceptors (Lipinski definition) is 5. The molecule has 2 aromatic heterocycles. The molecule has 0 aliphatic carbocycles. The highest BCUT2D eigenvalue weighted by Crippen LogP contribution is 2.07. The molecule has 2 N–H and O–H groups in total. The van der Waals surface area contributed by atoms with Crippen molar-refractivity contribution in [1.82, 2.24) is 24.5 Å². The minimum Gasteiger partial charge on any atom is -0.481 e. The van der Waals surface area contributed by atoms with Gasteiger partial charge in [-0.25, -0.2) is 9.67 Å². The van der Waals surface area contributed by atoms with E-state index in [0.29, 0.717) is 12.1 Å². The molecule has 3 rings (SSSR count). The van der Waals surface area contributed by atoms with Crippen molar-refractivity contribution in [2.24, 2.45) is 0 Å². The SMILES string of the molecule is Cc1ccc(Cn2cnc(NC(=O)c3cnn(CCC(=O)O)c3)n2)cc1. The predicted octanol–water partition coefficient (Wildman–Crippen LogP) is 1.56. The smallest absolute Gasteiger partial charge is 0.305 e. The number of aromatic nitrogens is 5. The highest BCUT2D eigenvalue weighted by molar-refractivity contribution is 6.02. The van der Waals surface area contributed by atoms with Crippen molar-refractivity contribution in [2.45, 2.75) is 26.4 Å². The first kappa shape index (κ1) is 17.3. The molecule has 3 aromatic rings. The van der Waals surface area contributed by atoms with E-state index in [9.17, 15) is 9.59 Å². The first-order valence-electron chi connectivity index (χ1n) is 8.00. The molecule has 26 heavy (non-hydrogen) atoms. The van der Waals surface area contributed by atoms with E-state index in [-0.39, 0.29) is 18.9 Å². The van der Waals surface area contributed by atoms with Gasteiger partial charge in [0.25, 0.3) is 5.91 Å². The molecule has 2 heterocycles. The first-order chi connectivity index (χ1) is 12.5. The van der Waals surface area contributed by atoms with Crippen LogP contribution in [0.4, 0.5) is 5.95 Å². The number of aryl methyl sites for hydroxylation is 2. The van der Waals surface area contributed by atoms with Crippen LogP contribution in [0.1, 0.15) is 27.9 Å². The second-order valence-electron chi connectivity index (χ2n) is 5.84. The summed E-state index contributed by atoms with van der Waals surface area (Å²) in [4.78, 5) is 26.8. The van der Waals surface area contributed by atoms with Crippen LogP contribution < -0.4 is 5.32 Å². The van der Waals surface area contributed by atoms with Gasteiger partial charge in [-0.05, 0) is 12.5 Å². The van der Waals surface area contributed by atoms with Crippen molar-refractivity contribution in [3.63, 3.8) is 0 Å². The van der Waals surface area contributed by atoms with Crippen molar-refractivity contribution in [3.05, 3.63) is 59.7 Å². The molecule has 0 aliphatic rings. The number of nitrogens with zero attached hydrogens (tertiary/aromatic N) is 5. The molecule has 0 unspecified atom stereocenters. The summed E-state index contributed by atoms with van der Waals surface area (Å²) >= 11 is 0. The third-order valence-corrected chi connectivity index (χ3v) is 3.68. The summed E-state index contributed by atoms with van der Waals surface area (Å²) in [6.07, 6.45) is 4.35. The number of aliphatic carboxylic acids is 1. The maximum atomic E-state index is 12.2. The molecule has 0 saturated carbocycles. The summed E-state index contributed by atoms with van der Waals surface area (Å²) in [7, 11) is 0. The van der Waals surface area contributed by atoms with Crippen LogP contribution in [0.2, 0.25) is 0 Å². The van der Waals surface area contributed by atoms with Gasteiger partial charge >= 0.3 is 5.97 Å². The lowest BCUT2D eigenvalue weighted by molar-refractivity contribution is -0.137. The van der Waals surface area contributed by atoms with Gasteiger partial charge in [0.15, 0.2) is 0 Å². The molecule has 0 aliphatic heterocycles. The summed E-state index contributed by atoms with van der Waals surface area (Å²) in [5.41, 5.74) is 2.58. The van der Waals surface area contributed by atoms with Crippen LogP contribution >= 0.6 is 0 Å². The number of benzene rings is 1. The molecular formula is C17H18N6O3. The fourth-order valence-corrected chi connectivity index (χ4v) is 2.30. The van der Waals surface area contributed by atoms with E-state index < -0.39 is 11.9 Å². The van der Waals surface area contributed by atoms with Crippen LogP contribution in [0.3, 0.4) is 0 Å². The molecule has 0 radical (unpaired) electrons. The first-order valence-corrected chi connectivity index (χ1v) is 8.00. The van der Waals surface area contributed by atoms with Crippen LogP contribution in [-0.2, 0) is 17.9 Å². The van der Waals surface area contributed by atoms with Gasteiger partial charge in [0.05, 0.1) is 31.3 Å². The number of carbonyl (C=O) groups is 2. The van der Waals surface area contributed by atoms with E-state index in [1.807, 2.05) is 31.2 Å². The van der Waals surface area contributed by atoms with Gasteiger partial charge in [0.2, 0.25) is 5.95 Å². The number of carboxylic acids is 1. The second kappa shape index (κ2) is 7.60. The number of rotatable bonds is 7. The van der Waals surface area contributed by atoms with Gasteiger partial charge in [0, 0.05) is 6.20 Å². The summed E-state index contributed by atoms with van der Waals surface area (Å²) < 4.78 is 3.04. The zero-order chi connectivity index (χ0) is 18.5. The summed E-state index contributed by atoms with van der Waals surface area (Å²) in [6, 6.07) is 8.08. The lowest BCUT2D eigenvalue weighted by Crippen LogP contribution is -2.13. The van der Waals surface area contributed by atoms with Gasteiger partial charge in [-0.1, -0.05) is 29.8 Å². The Hall–Kier alpha value is -3.49. The van der Waals surface area contributed by atoms with Crippen LogP contribution in [0.25, 0.3) is 0 Å². The Bertz CT molecular complexity index is 913. The summed E-state index contributed by atoms with van der Waals surface area (Å²) in [6.45, 7) is 2.78. The standard InChI is InChI=1S/C17H18N6O3/c1-12-2-4-13(5-3-12)9-23-11-18-17(21-23)20-16(26)14-8-19-22(10-14)7-6-15(24)25/h2-5,8,10-11H,6-7,9H2,1H3,(H,24,25)(H,20,21,26). The molecular weight excluding hydrogens is 336 g/mol. The maximum Gasteiger partial charge on any atom is 0.305 e. The number of anilines is 1. The molecule has 9 heteroatoms. The Kier molecular flexibility index (Phi) is 5.07. The fourth-order valence-electron chi connectivity index (χ4n) is 2.30. The van der Waals surface area contributed by atoms with Crippen LogP contribution in [0.5, 0.6) is 0 Å². The van der Waals surface area contributed by atoms with Crippen molar-refractivity contribution < 1.29 is 14.7 Å². The zero-order valence-electron chi connectivity index (χ0n) is 14.2. The molecule has 0 spiro atoms. The Morgan fingerprint density at radius 3 is 2.69 bits per heavy atom. The van der Waals surface area contributed by atoms with Crippen LogP contribution in [-0.4, -0.2) is 41.5 Å². The van der Waals surface area contributed by atoms with E-state index in [2.05, 4.69) is 20.5 Å². The van der Waals surface area contributed by atoms with E-state index in [4.69, 9.17) is 5.11 Å². The van der Waals surface area contributed by atoms with E-state index >= 15 is 0 Å². The van der Waals surface area contributed by atoms with Crippen molar-refractivity contribution in [3.8, 4) is 0 Å². The van der Waals surface area contributed by atoms with Crippen molar-refractivity contribution >= 4 is 17.8 Å². The van der Waals surface area contributed by atoms with Crippen molar-refractivity contribution in [2.75, 3.05) is 5.32 Å². The highest BCUT2D eigenvalue weighted by Gasteiger charge is 2.12. The van der Waals surface area contributed by atoms with E-state index in [1.165, 1.54) is 22.6 Å². The normalized spacial score (nSPS) is 10.7. The number of amides is 1. The minimum absolute atomic E-state index is 0.0618. The second-order valence-corrected chi connectivity index (χ2v) is 5.84. The topological polar surface area (TPSA) is 115 Å². The molecule has 134 valence electrons. The molecule has 0 fully saturated rings. The zero-order valence-corrected chi connectivity index (χ0v) is 14.2. The summed E-state index contributed by atoms with van der Waals surface area (Å²) in [5.74, 6) is -1.13. The molecule has 0 saturated heterocycles. The lowest BCUT2D eigenvalue weighted by atomic mass is 10.1. The van der Waals surface area contributed by atoms with Crippen LogP contribution in [0.15, 0.2) is 43.0 Å². The minimum atomic E-state index is -0.921. The van der Waals surface area contributed by atoms with Crippen molar-refractivity contribution in [1.29, 1.82) is 0 Å². The quantitative estimate of drug-likeness (QED) is 0.665. The Morgan fingerprint density at radius 2 is 1.96 bits per heavy atom. The average molecular weight is 354 g/mol. The lowest BCUT2D eigenvalue weighted by Gasteiger charge is -2.01. The molecule has 1 amide bonds.